The molecule has 1 aliphatic heterocycles. The summed E-state index contributed by atoms with van der Waals surface area (Å²) in [7, 11) is -3.67. The molecule has 0 aliphatic carbocycles. The standard InChI is InChI=1S/C23H23F3N2O5S/c24-23(25,26)20-15-22(30)33-21-6-3-17(14-19(20)21)13-16-1-4-18(5-2-16)34(31,32)28-9-7-27(8-10-28)11-12-29/h1-6,14-15,29H,7-13H2. The number of β-amino-alcohol motifs (C(OH)–C–C–N with tert-alkyl or cyclic N) is 1. The number of aliphatic hydroxyl groups excluding tert-OH is 1. The Kier molecular flexibility index (Phi) is 6.81. The molecule has 11 heteroatoms. The van der Waals surface area contributed by atoms with Crippen molar-refractivity contribution in [2.75, 3.05) is 39.3 Å². The van der Waals surface area contributed by atoms with Crippen molar-refractivity contribution in [2.24, 2.45) is 0 Å². The lowest BCUT2D eigenvalue weighted by molar-refractivity contribution is -0.136. The molecule has 1 fully saturated rings. The van der Waals surface area contributed by atoms with Gasteiger partial charge in [-0.05, 0) is 41.8 Å². The lowest BCUT2D eigenvalue weighted by Gasteiger charge is -2.33. The highest BCUT2D eigenvalue weighted by Gasteiger charge is 2.34. The van der Waals surface area contributed by atoms with Crippen LogP contribution >= 0.6 is 0 Å². The average molecular weight is 497 g/mol. The van der Waals surface area contributed by atoms with Gasteiger partial charge in [-0.3, -0.25) is 4.90 Å². The minimum Gasteiger partial charge on any atom is -0.423 e. The van der Waals surface area contributed by atoms with E-state index in [2.05, 4.69) is 0 Å². The van der Waals surface area contributed by atoms with E-state index in [1.165, 1.54) is 28.6 Å². The van der Waals surface area contributed by atoms with Gasteiger partial charge in [-0.2, -0.15) is 17.5 Å². The molecule has 0 unspecified atom stereocenters. The van der Waals surface area contributed by atoms with Crippen molar-refractivity contribution in [1.82, 2.24) is 9.21 Å². The van der Waals surface area contributed by atoms with Crippen LogP contribution in [0.1, 0.15) is 16.7 Å². The molecule has 0 spiro atoms. The minimum absolute atomic E-state index is 0.0252. The SMILES string of the molecule is O=c1cc(C(F)(F)F)c2cc(Cc3ccc(S(=O)(=O)N4CCN(CCO)CC4)cc3)ccc2o1. The Hall–Kier alpha value is -2.73. The van der Waals surface area contributed by atoms with E-state index in [0.717, 1.165) is 5.56 Å². The number of aliphatic hydroxyl groups is 1. The summed E-state index contributed by atoms with van der Waals surface area (Å²) in [6, 6.07) is 10.9. The second-order valence-electron chi connectivity index (χ2n) is 8.10. The highest BCUT2D eigenvalue weighted by Crippen LogP contribution is 2.34. The van der Waals surface area contributed by atoms with Gasteiger partial charge in [-0.1, -0.05) is 18.2 Å². The molecule has 0 atom stereocenters. The van der Waals surface area contributed by atoms with Crippen LogP contribution in [-0.4, -0.2) is 62.1 Å². The van der Waals surface area contributed by atoms with E-state index in [9.17, 15) is 26.4 Å². The summed E-state index contributed by atoms with van der Waals surface area (Å²) < 4.78 is 72.3. The molecule has 3 aromatic rings. The van der Waals surface area contributed by atoms with Crippen molar-refractivity contribution in [2.45, 2.75) is 17.5 Å². The van der Waals surface area contributed by atoms with Gasteiger partial charge >= 0.3 is 11.8 Å². The fraction of sp³-hybridized carbons (Fsp3) is 0.348. The molecule has 4 rings (SSSR count). The van der Waals surface area contributed by atoms with Crippen molar-refractivity contribution in [3.63, 3.8) is 0 Å². The molecule has 1 aromatic heterocycles. The summed E-state index contributed by atoms with van der Waals surface area (Å²) in [6.45, 7) is 2.28. The summed E-state index contributed by atoms with van der Waals surface area (Å²) in [6.07, 6.45) is -4.43. The Morgan fingerprint density at radius 3 is 2.21 bits per heavy atom. The van der Waals surface area contributed by atoms with E-state index >= 15 is 0 Å². The highest BCUT2D eigenvalue weighted by molar-refractivity contribution is 7.89. The molecule has 0 radical (unpaired) electrons. The summed E-state index contributed by atoms with van der Waals surface area (Å²) in [5.74, 6) is 0. The van der Waals surface area contributed by atoms with Crippen LogP contribution in [0, 0.1) is 0 Å². The third-order valence-electron chi connectivity index (χ3n) is 5.83. The fourth-order valence-corrected chi connectivity index (χ4v) is 5.48. The predicted molar refractivity (Wildman–Crippen MR) is 119 cm³/mol. The quantitative estimate of drug-likeness (QED) is 0.528. The number of hydrogen-bond acceptors (Lipinski definition) is 6. The zero-order valence-electron chi connectivity index (χ0n) is 18.1. The molecule has 34 heavy (non-hydrogen) atoms. The van der Waals surface area contributed by atoms with Crippen LogP contribution in [0.5, 0.6) is 0 Å². The lowest BCUT2D eigenvalue weighted by atomic mass is 10.0. The van der Waals surface area contributed by atoms with Crippen LogP contribution in [0.25, 0.3) is 11.0 Å². The molecule has 2 aromatic carbocycles. The van der Waals surface area contributed by atoms with Gasteiger partial charge < -0.3 is 9.52 Å². The maximum Gasteiger partial charge on any atom is 0.417 e. The third kappa shape index (κ3) is 5.17. The maximum absolute atomic E-state index is 13.4. The molecule has 1 N–H and O–H groups in total. The van der Waals surface area contributed by atoms with Crippen molar-refractivity contribution in [1.29, 1.82) is 0 Å². The van der Waals surface area contributed by atoms with Gasteiger partial charge in [-0.15, -0.1) is 0 Å². The summed E-state index contributed by atoms with van der Waals surface area (Å²) >= 11 is 0. The zero-order valence-corrected chi connectivity index (χ0v) is 18.9. The number of fused-ring (bicyclic) bond motifs is 1. The van der Waals surface area contributed by atoms with Crippen LogP contribution in [0.4, 0.5) is 13.2 Å². The van der Waals surface area contributed by atoms with Crippen LogP contribution in [-0.2, 0) is 22.6 Å². The number of sulfonamides is 1. The summed E-state index contributed by atoms with van der Waals surface area (Å²) in [5.41, 5.74) is -0.996. The molecule has 0 bridgehead atoms. The summed E-state index contributed by atoms with van der Waals surface area (Å²) in [4.78, 5) is 13.6. The Bertz CT molecular complexity index is 1330. The van der Waals surface area contributed by atoms with Gasteiger partial charge in [-0.25, -0.2) is 13.2 Å². The second-order valence-corrected chi connectivity index (χ2v) is 10.0. The Morgan fingerprint density at radius 1 is 0.941 bits per heavy atom. The van der Waals surface area contributed by atoms with Crippen molar-refractivity contribution >= 4 is 21.0 Å². The first kappa shape index (κ1) is 24.4. The monoisotopic (exact) mass is 496 g/mol. The Labute approximate surface area is 194 Å². The normalized spacial score (nSPS) is 16.2. The van der Waals surface area contributed by atoms with E-state index in [4.69, 9.17) is 9.52 Å². The molecule has 0 saturated carbocycles. The maximum atomic E-state index is 13.4. The van der Waals surface area contributed by atoms with Crippen molar-refractivity contribution < 1.29 is 31.1 Å². The van der Waals surface area contributed by atoms with Gasteiger partial charge in [0.25, 0.3) is 0 Å². The number of nitrogens with zero attached hydrogens (tertiary/aromatic N) is 2. The molecular weight excluding hydrogens is 473 g/mol. The smallest absolute Gasteiger partial charge is 0.417 e. The first-order valence-electron chi connectivity index (χ1n) is 10.6. The molecule has 7 nitrogen and oxygen atoms in total. The minimum atomic E-state index is -4.70. The number of halogens is 3. The number of benzene rings is 2. The van der Waals surface area contributed by atoms with E-state index in [1.54, 1.807) is 18.2 Å². The van der Waals surface area contributed by atoms with Gasteiger partial charge in [0, 0.05) is 44.2 Å². The fourth-order valence-electron chi connectivity index (χ4n) is 4.05. The topological polar surface area (TPSA) is 91.1 Å². The van der Waals surface area contributed by atoms with E-state index in [1.807, 2.05) is 4.90 Å². The first-order chi connectivity index (χ1) is 16.1. The van der Waals surface area contributed by atoms with Gasteiger partial charge in [0.05, 0.1) is 17.1 Å². The predicted octanol–water partition coefficient (Wildman–Crippen LogP) is 2.70. The molecule has 182 valence electrons. The summed E-state index contributed by atoms with van der Waals surface area (Å²) in [5, 5.41) is 8.82. The molecular formula is C23H23F3N2O5S. The number of piperazine rings is 1. The highest BCUT2D eigenvalue weighted by atomic mass is 32.2. The van der Waals surface area contributed by atoms with E-state index in [-0.39, 0.29) is 28.9 Å². The first-order valence-corrected chi connectivity index (χ1v) is 12.1. The van der Waals surface area contributed by atoms with Gasteiger partial charge in [0.15, 0.2) is 0 Å². The van der Waals surface area contributed by atoms with Crippen LogP contribution in [0.2, 0.25) is 0 Å². The number of rotatable bonds is 6. The molecule has 0 amide bonds. The second kappa shape index (κ2) is 9.49. The largest absolute Gasteiger partial charge is 0.423 e. The molecule has 1 saturated heterocycles. The van der Waals surface area contributed by atoms with E-state index in [0.29, 0.717) is 44.4 Å². The number of alkyl halides is 3. The van der Waals surface area contributed by atoms with Crippen LogP contribution in [0.15, 0.2) is 62.6 Å². The Balaban J connectivity index is 1.53. The zero-order chi connectivity index (χ0) is 24.5. The van der Waals surface area contributed by atoms with Crippen molar-refractivity contribution in [3.8, 4) is 0 Å². The number of hydrogen-bond donors (Lipinski definition) is 1. The average Bonchev–Trinajstić information content (AvgIpc) is 2.79. The van der Waals surface area contributed by atoms with Gasteiger partial charge in [0.2, 0.25) is 10.0 Å². The van der Waals surface area contributed by atoms with Crippen LogP contribution < -0.4 is 5.63 Å². The van der Waals surface area contributed by atoms with Crippen molar-refractivity contribution in [3.05, 3.63) is 75.6 Å². The van der Waals surface area contributed by atoms with E-state index < -0.39 is 27.4 Å². The molecule has 2 heterocycles. The third-order valence-corrected chi connectivity index (χ3v) is 7.74. The van der Waals surface area contributed by atoms with Crippen LogP contribution in [0.3, 0.4) is 0 Å². The van der Waals surface area contributed by atoms with Gasteiger partial charge in [0.1, 0.15) is 5.58 Å². The lowest BCUT2D eigenvalue weighted by Crippen LogP contribution is -2.49. The molecule has 1 aliphatic rings. The Morgan fingerprint density at radius 2 is 1.59 bits per heavy atom.